The van der Waals surface area contributed by atoms with Crippen LogP contribution in [0.25, 0.3) is 12.2 Å². The van der Waals surface area contributed by atoms with E-state index < -0.39 is 57.0 Å². The molecule has 3 aromatic rings. The van der Waals surface area contributed by atoms with Crippen molar-refractivity contribution in [3.63, 3.8) is 0 Å². The molecule has 1 N–H and O–H groups in total. The van der Waals surface area contributed by atoms with Gasteiger partial charge in [0.25, 0.3) is 10.0 Å². The summed E-state index contributed by atoms with van der Waals surface area (Å²) in [6.45, 7) is -0.422. The van der Waals surface area contributed by atoms with Crippen LogP contribution in [0.15, 0.2) is 65.6 Å². The molecule has 1 aliphatic heterocycles. The van der Waals surface area contributed by atoms with Gasteiger partial charge in [0, 0.05) is 17.0 Å². The van der Waals surface area contributed by atoms with Crippen molar-refractivity contribution in [1.29, 1.82) is 0 Å². The van der Waals surface area contributed by atoms with Gasteiger partial charge >= 0.3 is 18.3 Å². The maximum atomic E-state index is 13.6. The molecule has 0 bridgehead atoms. The first kappa shape index (κ1) is 30.3. The zero-order chi connectivity index (χ0) is 30.2. The summed E-state index contributed by atoms with van der Waals surface area (Å²) in [6, 6.07) is 10.5. The number of ether oxygens (including phenoxy) is 1. The van der Waals surface area contributed by atoms with Crippen molar-refractivity contribution in [1.82, 2.24) is 0 Å². The Kier molecular flexibility index (Phi) is 8.33. The predicted molar refractivity (Wildman–Crippen MR) is 139 cm³/mol. The monoisotopic (exact) mass is 619 g/mol. The number of hydrogen-bond acceptors (Lipinski definition) is 4. The molecule has 1 heterocycles. The van der Waals surface area contributed by atoms with Gasteiger partial charge < -0.3 is 9.84 Å². The lowest BCUT2D eigenvalue weighted by molar-refractivity contribution is -0.138. The van der Waals surface area contributed by atoms with E-state index in [1.54, 1.807) is 0 Å². The minimum absolute atomic E-state index is 0.00642. The van der Waals surface area contributed by atoms with E-state index in [0.29, 0.717) is 6.07 Å². The van der Waals surface area contributed by atoms with Crippen molar-refractivity contribution < 1.29 is 49.4 Å². The maximum absolute atomic E-state index is 13.6. The van der Waals surface area contributed by atoms with E-state index in [2.05, 4.69) is 0 Å². The number of halogens is 7. The second-order valence-corrected chi connectivity index (χ2v) is 11.3. The van der Waals surface area contributed by atoms with Crippen LogP contribution in [0, 0.1) is 0 Å². The normalized spacial score (nSPS) is 16.0. The van der Waals surface area contributed by atoms with Crippen LogP contribution < -0.4 is 9.04 Å². The number of aliphatic carboxylic acids is 1. The smallest absolute Gasteiger partial charge is 0.417 e. The molecule has 4 rings (SSSR count). The SMILES string of the molecule is O=C(O)CC[C@H]1CN(S(=O)(=O)c2cccc(C(F)(F)F)c2)c2cc(C=Cc3c(Cl)cccc3C(F)(F)F)ccc2O1. The number of fused-ring (bicyclic) bond motifs is 1. The minimum atomic E-state index is -4.82. The van der Waals surface area contributed by atoms with Crippen molar-refractivity contribution in [2.45, 2.75) is 36.2 Å². The van der Waals surface area contributed by atoms with E-state index in [0.717, 1.165) is 40.7 Å². The molecule has 1 atom stereocenters. The Labute approximate surface area is 235 Å². The summed E-state index contributed by atoms with van der Waals surface area (Å²) in [5, 5.41) is 8.87. The van der Waals surface area contributed by atoms with E-state index in [1.165, 1.54) is 30.3 Å². The third-order valence-corrected chi connectivity index (χ3v) is 8.25. The van der Waals surface area contributed by atoms with Crippen LogP contribution in [0.5, 0.6) is 5.75 Å². The van der Waals surface area contributed by atoms with Gasteiger partial charge in [-0.05, 0) is 54.4 Å². The topological polar surface area (TPSA) is 83.9 Å². The largest absolute Gasteiger partial charge is 0.486 e. The summed E-state index contributed by atoms with van der Waals surface area (Å²) in [4.78, 5) is 10.4. The number of anilines is 1. The van der Waals surface area contributed by atoms with E-state index in [1.807, 2.05) is 0 Å². The third-order valence-electron chi connectivity index (χ3n) is 6.15. The first-order valence-electron chi connectivity index (χ1n) is 11.8. The second kappa shape index (κ2) is 11.3. The fourth-order valence-electron chi connectivity index (χ4n) is 4.19. The Balaban J connectivity index is 1.78. The highest BCUT2D eigenvalue weighted by Gasteiger charge is 2.37. The molecule has 0 spiro atoms. The van der Waals surface area contributed by atoms with Crippen molar-refractivity contribution in [2.75, 3.05) is 10.8 Å². The molecule has 41 heavy (non-hydrogen) atoms. The standard InChI is InChI=1S/C27H20ClF6NO5S/c28-22-6-2-5-21(27(32,33)34)20(22)10-7-16-8-11-24-23(13-16)35(15-18(40-24)9-12-25(36)37)41(38,39)19-4-1-3-17(14-19)26(29,30)31/h1-8,10-11,13-14,18H,9,12,15H2,(H,36,37)/t18-/m0/s1. The van der Waals surface area contributed by atoms with Crippen LogP contribution >= 0.6 is 11.6 Å². The summed E-state index contributed by atoms with van der Waals surface area (Å²) in [5.74, 6) is -1.17. The fourth-order valence-corrected chi connectivity index (χ4v) is 5.97. The number of benzene rings is 3. The highest BCUT2D eigenvalue weighted by atomic mass is 35.5. The first-order valence-corrected chi connectivity index (χ1v) is 13.7. The molecule has 0 radical (unpaired) electrons. The van der Waals surface area contributed by atoms with Crippen LogP contribution in [-0.2, 0) is 27.2 Å². The Morgan fingerprint density at radius 1 is 1.00 bits per heavy atom. The molecule has 218 valence electrons. The number of nitrogens with zero attached hydrogens (tertiary/aromatic N) is 1. The van der Waals surface area contributed by atoms with Gasteiger partial charge in [-0.15, -0.1) is 0 Å². The number of carboxylic acids is 1. The lowest BCUT2D eigenvalue weighted by Gasteiger charge is -2.35. The molecular weight excluding hydrogens is 600 g/mol. The van der Waals surface area contributed by atoms with E-state index in [9.17, 15) is 39.6 Å². The Morgan fingerprint density at radius 2 is 1.71 bits per heavy atom. The van der Waals surface area contributed by atoms with Crippen LogP contribution in [-0.4, -0.2) is 32.1 Å². The van der Waals surface area contributed by atoms with Gasteiger partial charge in [-0.1, -0.05) is 42.0 Å². The van der Waals surface area contributed by atoms with Gasteiger partial charge in [0.05, 0.1) is 28.3 Å². The van der Waals surface area contributed by atoms with E-state index in [-0.39, 0.29) is 40.4 Å². The van der Waals surface area contributed by atoms with Gasteiger partial charge in [0.15, 0.2) is 0 Å². The number of sulfonamides is 1. The number of hydrogen-bond donors (Lipinski definition) is 1. The van der Waals surface area contributed by atoms with Crippen LogP contribution in [0.3, 0.4) is 0 Å². The third kappa shape index (κ3) is 6.79. The zero-order valence-corrected chi connectivity index (χ0v) is 22.3. The highest BCUT2D eigenvalue weighted by molar-refractivity contribution is 7.92. The van der Waals surface area contributed by atoms with Crippen LogP contribution in [0.1, 0.15) is 35.1 Å². The summed E-state index contributed by atoms with van der Waals surface area (Å²) in [6.07, 6.45) is -8.55. The van der Waals surface area contributed by atoms with Gasteiger partial charge in [-0.25, -0.2) is 8.42 Å². The molecule has 0 aromatic heterocycles. The summed E-state index contributed by atoms with van der Waals surface area (Å²) in [7, 11) is -4.63. The van der Waals surface area contributed by atoms with Crippen molar-refractivity contribution in [2.24, 2.45) is 0 Å². The number of alkyl halides is 6. The molecule has 0 fully saturated rings. The lowest BCUT2D eigenvalue weighted by atomic mass is 10.0. The van der Waals surface area contributed by atoms with E-state index >= 15 is 0 Å². The van der Waals surface area contributed by atoms with Crippen LogP contribution in [0.4, 0.5) is 32.0 Å². The average Bonchev–Trinajstić information content (AvgIpc) is 2.89. The van der Waals surface area contributed by atoms with Gasteiger partial charge in [0.1, 0.15) is 11.9 Å². The molecule has 0 saturated heterocycles. The molecule has 0 amide bonds. The molecule has 0 unspecified atom stereocenters. The molecule has 0 saturated carbocycles. The summed E-state index contributed by atoms with van der Waals surface area (Å²) < 4.78 is 114. The van der Waals surface area contributed by atoms with Crippen LogP contribution in [0.2, 0.25) is 5.02 Å². The van der Waals surface area contributed by atoms with Gasteiger partial charge in [-0.3, -0.25) is 9.10 Å². The quantitative estimate of drug-likeness (QED) is 0.221. The van der Waals surface area contributed by atoms with Crippen molar-refractivity contribution in [3.8, 4) is 5.75 Å². The number of carboxylic acid groups (broad SMARTS) is 1. The fraction of sp³-hybridized carbons (Fsp3) is 0.222. The molecule has 6 nitrogen and oxygen atoms in total. The predicted octanol–water partition coefficient (Wildman–Crippen LogP) is 7.37. The van der Waals surface area contributed by atoms with Crippen molar-refractivity contribution in [3.05, 3.63) is 87.9 Å². The Bertz CT molecular complexity index is 1600. The van der Waals surface area contributed by atoms with Gasteiger partial charge in [-0.2, -0.15) is 26.3 Å². The molecule has 0 aliphatic carbocycles. The second-order valence-electron chi connectivity index (χ2n) is 8.99. The molecule has 1 aliphatic rings. The molecular formula is C27H20ClF6NO5S. The number of carbonyl (C=O) groups is 1. The summed E-state index contributed by atoms with van der Waals surface area (Å²) in [5.41, 5.74) is -2.36. The highest BCUT2D eigenvalue weighted by Crippen LogP contribution is 2.41. The Morgan fingerprint density at radius 3 is 2.37 bits per heavy atom. The van der Waals surface area contributed by atoms with E-state index in [4.69, 9.17) is 21.4 Å². The van der Waals surface area contributed by atoms with Gasteiger partial charge in [0.2, 0.25) is 0 Å². The Hall–Kier alpha value is -3.71. The number of rotatable bonds is 7. The zero-order valence-electron chi connectivity index (χ0n) is 20.7. The molecule has 14 heteroatoms. The summed E-state index contributed by atoms with van der Waals surface area (Å²) >= 11 is 6.00. The van der Waals surface area contributed by atoms with Crippen molar-refractivity contribution >= 4 is 45.4 Å². The maximum Gasteiger partial charge on any atom is 0.417 e. The first-order chi connectivity index (χ1) is 19.1. The average molecular weight is 620 g/mol. The lowest BCUT2D eigenvalue weighted by Crippen LogP contribution is -2.43. The minimum Gasteiger partial charge on any atom is -0.486 e. The molecule has 3 aromatic carbocycles.